The Kier molecular flexibility index (Phi) is 3.21. The molecule has 3 amide bonds. The van der Waals surface area contributed by atoms with Crippen LogP contribution in [0.2, 0.25) is 0 Å². The first-order valence-corrected chi connectivity index (χ1v) is 7.00. The summed E-state index contributed by atoms with van der Waals surface area (Å²) in [6.45, 7) is -0.469. The van der Waals surface area contributed by atoms with Gasteiger partial charge in [-0.3, -0.25) is 9.69 Å². The maximum Gasteiger partial charge on any atom is 0.334 e. The van der Waals surface area contributed by atoms with Crippen molar-refractivity contribution >= 4 is 30.4 Å². The van der Waals surface area contributed by atoms with E-state index in [1.54, 1.807) is 13.8 Å². The first-order chi connectivity index (χ1) is 6.68. The van der Waals surface area contributed by atoms with Gasteiger partial charge in [-0.1, -0.05) is 13.8 Å². The average Bonchev–Trinajstić information content (AvgIpc) is 2.28. The Hall–Kier alpha value is -0.490. The Bertz CT molecular complexity index is 353. The minimum Gasteiger partial charge on any atom is -0.329 e. The van der Waals surface area contributed by atoms with Crippen LogP contribution in [0.15, 0.2) is 0 Å². The minimum absolute atomic E-state index is 0.215. The first-order valence-electron chi connectivity index (χ1n) is 4.34. The van der Waals surface area contributed by atoms with Crippen LogP contribution in [0.4, 0.5) is 4.79 Å². The van der Waals surface area contributed by atoms with Crippen molar-refractivity contribution in [1.29, 1.82) is 0 Å². The molecule has 1 heterocycles. The van der Waals surface area contributed by atoms with Crippen LogP contribution in [0, 0.1) is 5.92 Å². The molecule has 6 nitrogen and oxygen atoms in total. The van der Waals surface area contributed by atoms with Crippen molar-refractivity contribution in [2.75, 3.05) is 7.05 Å². The Labute approximate surface area is 92.7 Å². The first kappa shape index (κ1) is 12.6. The van der Waals surface area contributed by atoms with Crippen molar-refractivity contribution in [2.24, 2.45) is 5.92 Å². The molecule has 0 radical (unpaired) electrons. The molecule has 0 aliphatic carbocycles. The number of imide groups is 1. The van der Waals surface area contributed by atoms with Gasteiger partial charge in [0.05, 0.1) is 0 Å². The van der Waals surface area contributed by atoms with E-state index in [1.165, 1.54) is 7.05 Å². The minimum atomic E-state index is -3.90. The molecule has 0 aromatic rings. The van der Waals surface area contributed by atoms with Crippen molar-refractivity contribution < 1.29 is 19.4 Å². The summed E-state index contributed by atoms with van der Waals surface area (Å²) in [7, 11) is 1.30. The highest BCUT2D eigenvalue weighted by atomic mass is 32.5. The van der Waals surface area contributed by atoms with Crippen LogP contribution >= 0.6 is 6.64 Å². The molecular weight excluding hydrogens is 239 g/mol. The zero-order valence-electron chi connectivity index (χ0n) is 8.62. The fourth-order valence-electron chi connectivity index (χ4n) is 1.51. The van der Waals surface area contributed by atoms with Crippen LogP contribution in [-0.4, -0.2) is 44.4 Å². The third-order valence-corrected chi connectivity index (χ3v) is 3.75. The Morgan fingerprint density at radius 3 is 2.13 bits per heavy atom. The molecule has 0 bridgehead atoms. The summed E-state index contributed by atoms with van der Waals surface area (Å²) in [5.41, 5.74) is 0. The van der Waals surface area contributed by atoms with E-state index in [1.807, 2.05) is 0 Å². The maximum absolute atomic E-state index is 11.6. The lowest BCUT2D eigenvalue weighted by Gasteiger charge is -2.27. The number of urea groups is 1. The smallest absolute Gasteiger partial charge is 0.329 e. The molecule has 0 saturated carbocycles. The lowest BCUT2D eigenvalue weighted by Crippen LogP contribution is -2.36. The van der Waals surface area contributed by atoms with Crippen molar-refractivity contribution in [3.05, 3.63) is 0 Å². The molecule has 15 heavy (non-hydrogen) atoms. The van der Waals surface area contributed by atoms with E-state index < -0.39 is 24.6 Å². The van der Waals surface area contributed by atoms with Gasteiger partial charge in [0.15, 0.2) is 0 Å². The zero-order valence-corrected chi connectivity index (χ0v) is 10.3. The van der Waals surface area contributed by atoms with Gasteiger partial charge >= 0.3 is 6.03 Å². The van der Waals surface area contributed by atoms with Crippen LogP contribution in [0.25, 0.3) is 0 Å². The molecule has 2 N–H and O–H groups in total. The molecule has 0 spiro atoms. The molecule has 1 aliphatic rings. The molecule has 1 fully saturated rings. The molecule has 0 aromatic carbocycles. The average molecular weight is 252 g/mol. The van der Waals surface area contributed by atoms with Gasteiger partial charge in [-0.2, -0.15) is 0 Å². The quantitative estimate of drug-likeness (QED) is 0.538. The number of rotatable bonds is 2. The lowest BCUT2D eigenvalue weighted by molar-refractivity contribution is -0.128. The van der Waals surface area contributed by atoms with Crippen LogP contribution in [0.1, 0.15) is 13.8 Å². The van der Waals surface area contributed by atoms with E-state index in [0.29, 0.717) is 0 Å². The number of amides is 3. The van der Waals surface area contributed by atoms with E-state index >= 15 is 0 Å². The van der Waals surface area contributed by atoms with Gasteiger partial charge in [-0.05, 0) is 17.7 Å². The number of carbonyl (C=O) groups is 2. The third kappa shape index (κ3) is 2.06. The second-order valence-electron chi connectivity index (χ2n) is 3.73. The van der Waals surface area contributed by atoms with Gasteiger partial charge in [0.25, 0.3) is 12.5 Å². The van der Waals surface area contributed by atoms with Crippen LogP contribution in [0.3, 0.4) is 0 Å². The van der Waals surface area contributed by atoms with Crippen molar-refractivity contribution in [2.45, 2.75) is 19.9 Å². The van der Waals surface area contributed by atoms with Gasteiger partial charge in [0.2, 0.25) is 0 Å². The van der Waals surface area contributed by atoms with Crippen LogP contribution in [-0.2, 0) is 16.6 Å². The molecule has 1 atom stereocenters. The monoisotopic (exact) mass is 252 g/mol. The SMILES string of the molecule is CC(C)C1C(=O)N(C)C(=O)N1P(O)(O)=S. The predicted molar refractivity (Wildman–Crippen MR) is 57.4 cm³/mol. The van der Waals surface area contributed by atoms with Gasteiger partial charge in [0, 0.05) is 7.05 Å². The number of nitrogens with zero attached hydrogens (tertiary/aromatic N) is 2. The van der Waals surface area contributed by atoms with Crippen LogP contribution < -0.4 is 0 Å². The molecule has 1 unspecified atom stereocenters. The van der Waals surface area contributed by atoms with Crippen molar-refractivity contribution in [3.8, 4) is 0 Å². The Morgan fingerprint density at radius 2 is 1.87 bits per heavy atom. The number of carbonyl (C=O) groups excluding carboxylic acids is 2. The molecule has 1 aliphatic heterocycles. The Balaban J connectivity index is 3.18. The standard InChI is InChI=1S/C7H13N2O4PS/c1-4(2)5-6(10)8(3)7(11)9(5)14(12,13)15/h4-5H,1-3H3,(H2,12,13,15). The summed E-state index contributed by atoms with van der Waals surface area (Å²) in [6.07, 6.45) is 0. The highest BCUT2D eigenvalue weighted by Gasteiger charge is 2.49. The molecule has 1 rings (SSSR count). The molecule has 86 valence electrons. The summed E-state index contributed by atoms with van der Waals surface area (Å²) < 4.78 is 0.718. The number of hydrogen-bond acceptors (Lipinski definition) is 3. The normalized spacial score (nSPS) is 23.2. The molecular formula is C7H13N2O4PS. The van der Waals surface area contributed by atoms with Gasteiger partial charge in [-0.15, -0.1) is 0 Å². The van der Waals surface area contributed by atoms with E-state index in [9.17, 15) is 19.4 Å². The highest BCUT2D eigenvalue weighted by molar-refractivity contribution is 8.08. The summed E-state index contributed by atoms with van der Waals surface area (Å²) in [5.74, 6) is -0.666. The summed E-state index contributed by atoms with van der Waals surface area (Å²) in [5, 5.41) is 0. The zero-order chi connectivity index (χ0) is 12.0. The second kappa shape index (κ2) is 3.83. The van der Waals surface area contributed by atoms with Gasteiger partial charge in [-0.25, -0.2) is 9.46 Å². The van der Waals surface area contributed by atoms with Crippen molar-refractivity contribution in [3.63, 3.8) is 0 Å². The summed E-state index contributed by atoms with van der Waals surface area (Å²) in [6, 6.07) is -1.62. The predicted octanol–water partition coefficient (Wildman–Crippen LogP) is 0.114. The van der Waals surface area contributed by atoms with Gasteiger partial charge < -0.3 is 9.79 Å². The third-order valence-electron chi connectivity index (χ3n) is 2.24. The van der Waals surface area contributed by atoms with E-state index in [4.69, 9.17) is 0 Å². The highest BCUT2D eigenvalue weighted by Crippen LogP contribution is 2.47. The molecule has 0 aromatic heterocycles. The summed E-state index contributed by atoms with van der Waals surface area (Å²) in [4.78, 5) is 42.7. The van der Waals surface area contributed by atoms with E-state index in [-0.39, 0.29) is 5.92 Å². The van der Waals surface area contributed by atoms with Gasteiger partial charge in [0.1, 0.15) is 6.04 Å². The lowest BCUT2D eigenvalue weighted by atomic mass is 10.1. The van der Waals surface area contributed by atoms with Crippen LogP contribution in [0.5, 0.6) is 0 Å². The number of likely N-dealkylation sites (N-methyl/N-ethyl adjacent to an activating group) is 1. The largest absolute Gasteiger partial charge is 0.334 e. The fraction of sp³-hybridized carbons (Fsp3) is 0.714. The molecule has 1 saturated heterocycles. The molecule has 8 heteroatoms. The number of hydrogen-bond donors (Lipinski definition) is 2. The topological polar surface area (TPSA) is 81.1 Å². The fourth-order valence-corrected chi connectivity index (χ4v) is 3.07. The van der Waals surface area contributed by atoms with Crippen molar-refractivity contribution in [1.82, 2.24) is 9.57 Å². The summed E-state index contributed by atoms with van der Waals surface area (Å²) >= 11 is 4.47. The maximum atomic E-state index is 11.6. The second-order valence-corrected chi connectivity index (χ2v) is 6.65. The van der Waals surface area contributed by atoms with E-state index in [0.717, 1.165) is 9.57 Å². The Morgan fingerprint density at radius 1 is 1.40 bits per heavy atom. The van der Waals surface area contributed by atoms with E-state index in [2.05, 4.69) is 11.8 Å².